The van der Waals surface area contributed by atoms with E-state index < -0.39 is 0 Å². The van der Waals surface area contributed by atoms with Crippen molar-refractivity contribution in [3.05, 3.63) is 29.8 Å². The van der Waals surface area contributed by atoms with Crippen LogP contribution >= 0.6 is 0 Å². The zero-order valence-electron chi connectivity index (χ0n) is 14.7. The third-order valence-electron chi connectivity index (χ3n) is 4.07. The Balaban J connectivity index is 1.89. The first-order valence-corrected chi connectivity index (χ1v) is 8.39. The van der Waals surface area contributed by atoms with Gasteiger partial charge >= 0.3 is 0 Å². The van der Waals surface area contributed by atoms with Crippen molar-refractivity contribution < 1.29 is 19.4 Å². The first-order valence-electron chi connectivity index (χ1n) is 8.39. The van der Waals surface area contributed by atoms with E-state index in [1.54, 1.807) is 0 Å². The Morgan fingerprint density at radius 2 is 2.04 bits per heavy atom. The Bertz CT molecular complexity index is 518. The average molecular weight is 336 g/mol. The van der Waals surface area contributed by atoms with Crippen molar-refractivity contribution in [3.8, 4) is 5.75 Å². The molecule has 1 aromatic carbocycles. The molecule has 1 amide bonds. The second-order valence-corrected chi connectivity index (χ2v) is 6.55. The molecule has 1 aliphatic heterocycles. The molecule has 2 N–H and O–H groups in total. The molecular weight excluding hydrogens is 308 g/mol. The van der Waals surface area contributed by atoms with Gasteiger partial charge in [-0.2, -0.15) is 0 Å². The number of amides is 1. The Labute approximate surface area is 143 Å². The Morgan fingerprint density at radius 3 is 2.62 bits per heavy atom. The molecule has 1 aliphatic rings. The third-order valence-corrected chi connectivity index (χ3v) is 4.07. The van der Waals surface area contributed by atoms with Crippen molar-refractivity contribution in [2.75, 3.05) is 33.4 Å². The molecule has 6 heteroatoms. The number of nitrogens with zero attached hydrogens (tertiary/aromatic N) is 1. The Morgan fingerprint density at radius 1 is 1.33 bits per heavy atom. The number of likely N-dealkylation sites (tertiary alicyclic amines) is 1. The summed E-state index contributed by atoms with van der Waals surface area (Å²) in [6.45, 7) is 6.40. The van der Waals surface area contributed by atoms with Crippen LogP contribution in [0, 0.1) is 5.92 Å². The molecule has 0 aromatic heterocycles. The molecule has 0 bridgehead atoms. The van der Waals surface area contributed by atoms with Crippen molar-refractivity contribution in [2.45, 2.75) is 32.5 Å². The molecule has 1 aromatic rings. The van der Waals surface area contributed by atoms with E-state index in [1.165, 1.54) is 12.7 Å². The van der Waals surface area contributed by atoms with Gasteiger partial charge in [0.25, 0.3) is 0 Å². The molecule has 2 atom stereocenters. The highest BCUT2D eigenvalue weighted by atomic mass is 16.5. The molecule has 2 rings (SSSR count). The molecule has 1 fully saturated rings. The number of hydrogen-bond acceptors (Lipinski definition) is 5. The SMILES string of the molecule is COCC(=O)N[C@@H]1CN(Cc2ccc(OC(C)C)cc2)C[C@H]1CO. The number of ether oxygens (including phenoxy) is 2. The fourth-order valence-corrected chi connectivity index (χ4v) is 3.02. The summed E-state index contributed by atoms with van der Waals surface area (Å²) in [5, 5.41) is 12.5. The van der Waals surface area contributed by atoms with Crippen molar-refractivity contribution in [2.24, 2.45) is 5.92 Å². The van der Waals surface area contributed by atoms with Crippen molar-refractivity contribution in [1.29, 1.82) is 0 Å². The minimum absolute atomic E-state index is 0.0406. The van der Waals surface area contributed by atoms with Gasteiger partial charge in [-0.15, -0.1) is 0 Å². The van der Waals surface area contributed by atoms with Gasteiger partial charge in [0.1, 0.15) is 12.4 Å². The lowest BCUT2D eigenvalue weighted by Crippen LogP contribution is -2.43. The predicted molar refractivity (Wildman–Crippen MR) is 91.9 cm³/mol. The van der Waals surface area contributed by atoms with Crippen LogP contribution in [0.25, 0.3) is 0 Å². The summed E-state index contributed by atoms with van der Waals surface area (Å²) in [7, 11) is 1.50. The molecule has 134 valence electrons. The molecule has 1 heterocycles. The van der Waals surface area contributed by atoms with Gasteiger partial charge in [-0.25, -0.2) is 0 Å². The quantitative estimate of drug-likeness (QED) is 0.742. The molecule has 24 heavy (non-hydrogen) atoms. The van der Waals surface area contributed by atoms with Crippen LogP contribution < -0.4 is 10.1 Å². The summed E-state index contributed by atoms with van der Waals surface area (Å²) >= 11 is 0. The summed E-state index contributed by atoms with van der Waals surface area (Å²) in [5.41, 5.74) is 1.19. The smallest absolute Gasteiger partial charge is 0.246 e. The Hall–Kier alpha value is -1.63. The van der Waals surface area contributed by atoms with Crippen LogP contribution in [0.3, 0.4) is 0 Å². The number of carbonyl (C=O) groups is 1. The van der Waals surface area contributed by atoms with E-state index in [2.05, 4.69) is 22.3 Å². The van der Waals surface area contributed by atoms with Crippen molar-refractivity contribution in [3.63, 3.8) is 0 Å². The van der Waals surface area contributed by atoms with E-state index >= 15 is 0 Å². The molecule has 0 aliphatic carbocycles. The number of aliphatic hydroxyl groups excluding tert-OH is 1. The van der Waals surface area contributed by atoms with Gasteiger partial charge < -0.3 is 19.9 Å². The summed E-state index contributed by atoms with van der Waals surface area (Å²) in [5.74, 6) is 0.778. The van der Waals surface area contributed by atoms with E-state index in [-0.39, 0.29) is 37.2 Å². The maximum Gasteiger partial charge on any atom is 0.246 e. The van der Waals surface area contributed by atoms with Gasteiger partial charge in [-0.05, 0) is 31.5 Å². The zero-order valence-corrected chi connectivity index (χ0v) is 14.7. The third kappa shape index (κ3) is 5.47. The highest BCUT2D eigenvalue weighted by molar-refractivity contribution is 5.77. The van der Waals surface area contributed by atoms with Gasteiger partial charge in [-0.1, -0.05) is 12.1 Å². The highest BCUT2D eigenvalue weighted by Crippen LogP contribution is 2.21. The van der Waals surface area contributed by atoms with Crippen LogP contribution in [0.15, 0.2) is 24.3 Å². The molecule has 0 radical (unpaired) electrons. The second kappa shape index (κ2) is 9.01. The summed E-state index contributed by atoms with van der Waals surface area (Å²) in [6.07, 6.45) is 0.163. The van der Waals surface area contributed by atoms with Gasteiger partial charge in [0.2, 0.25) is 5.91 Å². The standard InChI is InChI=1S/C18H28N2O4/c1-13(2)24-16-6-4-14(5-7-16)8-20-9-15(11-21)17(10-20)19-18(22)12-23-3/h4-7,13,15,17,21H,8-12H2,1-3H3,(H,19,22)/t15-,17+/m0/s1. The number of hydrogen-bond donors (Lipinski definition) is 2. The normalized spacial score (nSPS) is 21.2. The number of rotatable bonds is 8. The number of benzene rings is 1. The van der Waals surface area contributed by atoms with Crippen LogP contribution in [0.2, 0.25) is 0 Å². The summed E-state index contributed by atoms with van der Waals surface area (Å²) in [4.78, 5) is 13.9. The van der Waals surface area contributed by atoms with Gasteiger partial charge in [0.05, 0.1) is 6.10 Å². The van der Waals surface area contributed by atoms with Crippen LogP contribution in [0.1, 0.15) is 19.4 Å². The van der Waals surface area contributed by atoms with Gasteiger partial charge in [0, 0.05) is 45.3 Å². The fourth-order valence-electron chi connectivity index (χ4n) is 3.02. The highest BCUT2D eigenvalue weighted by Gasteiger charge is 2.33. The monoisotopic (exact) mass is 336 g/mol. The first-order chi connectivity index (χ1) is 11.5. The largest absolute Gasteiger partial charge is 0.491 e. The van der Waals surface area contributed by atoms with Gasteiger partial charge in [0.15, 0.2) is 0 Å². The lowest BCUT2D eigenvalue weighted by atomic mass is 10.1. The number of aliphatic hydroxyl groups is 1. The van der Waals surface area contributed by atoms with E-state index in [1.807, 2.05) is 26.0 Å². The van der Waals surface area contributed by atoms with E-state index in [0.717, 1.165) is 25.4 Å². The van der Waals surface area contributed by atoms with E-state index in [4.69, 9.17) is 9.47 Å². The topological polar surface area (TPSA) is 71.0 Å². The van der Waals surface area contributed by atoms with Gasteiger partial charge in [-0.3, -0.25) is 9.69 Å². The summed E-state index contributed by atoms with van der Waals surface area (Å²) < 4.78 is 10.5. The van der Waals surface area contributed by atoms with Crippen LogP contribution in [-0.2, 0) is 16.1 Å². The van der Waals surface area contributed by atoms with Crippen molar-refractivity contribution >= 4 is 5.91 Å². The number of carbonyl (C=O) groups excluding carboxylic acids is 1. The number of nitrogens with one attached hydrogen (secondary N) is 1. The lowest BCUT2D eigenvalue weighted by Gasteiger charge is -2.18. The fraction of sp³-hybridized carbons (Fsp3) is 0.611. The molecule has 6 nitrogen and oxygen atoms in total. The second-order valence-electron chi connectivity index (χ2n) is 6.55. The average Bonchev–Trinajstić information content (AvgIpc) is 2.90. The maximum absolute atomic E-state index is 11.7. The maximum atomic E-state index is 11.7. The van der Waals surface area contributed by atoms with E-state index in [9.17, 15) is 9.90 Å². The number of methoxy groups -OCH3 is 1. The van der Waals surface area contributed by atoms with Crippen LogP contribution in [0.5, 0.6) is 5.75 Å². The zero-order chi connectivity index (χ0) is 17.5. The Kier molecular flexibility index (Phi) is 7.02. The predicted octanol–water partition coefficient (Wildman–Crippen LogP) is 1.03. The van der Waals surface area contributed by atoms with Crippen LogP contribution in [-0.4, -0.2) is 61.5 Å². The minimum atomic E-state index is -0.141. The molecule has 1 saturated heterocycles. The molecule has 0 saturated carbocycles. The molecule has 0 unspecified atom stereocenters. The first kappa shape index (κ1) is 18.7. The molecule has 0 spiro atoms. The molecular formula is C18H28N2O4. The lowest BCUT2D eigenvalue weighted by molar-refractivity contribution is -0.125. The van der Waals surface area contributed by atoms with E-state index in [0.29, 0.717) is 0 Å². The van der Waals surface area contributed by atoms with Crippen LogP contribution in [0.4, 0.5) is 0 Å². The summed E-state index contributed by atoms with van der Waals surface area (Å²) in [6, 6.07) is 8.03. The van der Waals surface area contributed by atoms with Crippen molar-refractivity contribution in [1.82, 2.24) is 10.2 Å². The minimum Gasteiger partial charge on any atom is -0.491 e.